The summed E-state index contributed by atoms with van der Waals surface area (Å²) in [5.41, 5.74) is 0. The number of nitrogens with zero attached hydrogens (tertiary/aromatic N) is 5. The van der Waals surface area contributed by atoms with Gasteiger partial charge in [-0.2, -0.15) is 4.98 Å². The summed E-state index contributed by atoms with van der Waals surface area (Å²) in [6.07, 6.45) is 2.61. The van der Waals surface area contributed by atoms with Gasteiger partial charge >= 0.3 is 5.97 Å². The Balaban J connectivity index is 1.59. The maximum atomic E-state index is 12.9. The minimum Gasteiger partial charge on any atom is -0.480 e. The number of piperazine rings is 1. The average molecular weight is 393 g/mol. The first-order valence-electron chi connectivity index (χ1n) is 10.2. The minimum absolute atomic E-state index is 0.0375. The normalized spacial score (nSPS) is 23.8. The first kappa shape index (κ1) is 20.7. The van der Waals surface area contributed by atoms with Crippen molar-refractivity contribution in [2.45, 2.75) is 58.0 Å². The molecule has 0 saturated carbocycles. The summed E-state index contributed by atoms with van der Waals surface area (Å²) in [7, 11) is 0. The zero-order valence-corrected chi connectivity index (χ0v) is 17.0. The third-order valence-corrected chi connectivity index (χ3v) is 5.75. The van der Waals surface area contributed by atoms with E-state index in [-0.39, 0.29) is 30.5 Å². The van der Waals surface area contributed by atoms with Crippen LogP contribution in [0.1, 0.15) is 63.7 Å². The van der Waals surface area contributed by atoms with E-state index in [1.807, 2.05) is 13.8 Å². The zero-order valence-electron chi connectivity index (χ0n) is 17.0. The highest BCUT2D eigenvalue weighted by molar-refractivity contribution is 5.85. The molecular formula is C19H31N5O4. The molecule has 3 heterocycles. The van der Waals surface area contributed by atoms with Crippen LogP contribution in [0.2, 0.25) is 0 Å². The summed E-state index contributed by atoms with van der Waals surface area (Å²) in [4.78, 5) is 34.4. The average Bonchev–Trinajstić information content (AvgIpc) is 3.10. The molecule has 156 valence electrons. The molecule has 1 aromatic heterocycles. The van der Waals surface area contributed by atoms with Crippen LogP contribution in [0.3, 0.4) is 0 Å². The predicted octanol–water partition coefficient (Wildman–Crippen LogP) is 1.34. The number of carboxylic acid groups (broad SMARTS) is 1. The van der Waals surface area contributed by atoms with Gasteiger partial charge in [-0.25, -0.2) is 0 Å². The van der Waals surface area contributed by atoms with Crippen LogP contribution in [0.15, 0.2) is 4.52 Å². The lowest BCUT2D eigenvalue weighted by atomic mass is 10.1. The van der Waals surface area contributed by atoms with Crippen molar-refractivity contribution in [3.63, 3.8) is 0 Å². The van der Waals surface area contributed by atoms with E-state index in [0.717, 1.165) is 51.3 Å². The van der Waals surface area contributed by atoms with Crippen molar-refractivity contribution in [2.24, 2.45) is 0 Å². The monoisotopic (exact) mass is 393 g/mol. The molecule has 3 rings (SSSR count). The lowest BCUT2D eigenvalue weighted by Gasteiger charge is -2.40. The molecule has 2 unspecified atom stereocenters. The highest BCUT2D eigenvalue weighted by Gasteiger charge is 2.35. The van der Waals surface area contributed by atoms with E-state index in [2.05, 4.69) is 26.9 Å². The van der Waals surface area contributed by atoms with Gasteiger partial charge in [0.2, 0.25) is 11.8 Å². The molecule has 28 heavy (non-hydrogen) atoms. The molecule has 1 amide bonds. The van der Waals surface area contributed by atoms with Crippen molar-refractivity contribution in [3.05, 3.63) is 11.7 Å². The van der Waals surface area contributed by atoms with Gasteiger partial charge in [-0.15, -0.1) is 0 Å². The van der Waals surface area contributed by atoms with E-state index < -0.39 is 5.97 Å². The fraction of sp³-hybridized carbons (Fsp3) is 0.789. The molecular weight excluding hydrogens is 362 g/mol. The number of rotatable bonds is 6. The molecule has 2 atom stereocenters. The lowest BCUT2D eigenvalue weighted by molar-refractivity contribution is -0.147. The number of carbonyl (C=O) groups excluding carboxylic acids is 1. The van der Waals surface area contributed by atoms with E-state index in [0.29, 0.717) is 12.4 Å². The van der Waals surface area contributed by atoms with Crippen LogP contribution in [0.25, 0.3) is 0 Å². The van der Waals surface area contributed by atoms with Crippen LogP contribution >= 0.6 is 0 Å². The SMILES string of the molecule is CC(C)c1noc(C(C)N2CCN(C3CCCCN(CC(=O)O)C3=O)CC2)n1. The standard InChI is InChI=1S/C19H31N5O4/c1-13(2)17-20-18(28-21-17)14(3)22-8-10-23(11-9-22)15-6-4-5-7-24(19(15)27)12-16(25)26/h13-15H,4-12H2,1-3H3,(H,25,26). The van der Waals surface area contributed by atoms with Crippen LogP contribution in [-0.4, -0.2) is 87.1 Å². The highest BCUT2D eigenvalue weighted by Crippen LogP contribution is 2.24. The Bertz CT molecular complexity index is 684. The van der Waals surface area contributed by atoms with E-state index in [9.17, 15) is 9.59 Å². The second kappa shape index (κ2) is 9.00. The van der Waals surface area contributed by atoms with Gasteiger partial charge < -0.3 is 14.5 Å². The second-order valence-corrected chi connectivity index (χ2v) is 8.06. The predicted molar refractivity (Wildman–Crippen MR) is 102 cm³/mol. The quantitative estimate of drug-likeness (QED) is 0.772. The van der Waals surface area contributed by atoms with Crippen LogP contribution in [0, 0.1) is 0 Å². The van der Waals surface area contributed by atoms with Gasteiger partial charge in [0.05, 0.1) is 12.1 Å². The van der Waals surface area contributed by atoms with Crippen molar-refractivity contribution < 1.29 is 19.2 Å². The molecule has 0 aromatic carbocycles. The number of carbonyl (C=O) groups is 2. The molecule has 9 nitrogen and oxygen atoms in total. The Hall–Kier alpha value is -2.00. The van der Waals surface area contributed by atoms with E-state index in [1.165, 1.54) is 4.90 Å². The van der Waals surface area contributed by atoms with Crippen LogP contribution in [0.5, 0.6) is 0 Å². The summed E-state index contributed by atoms with van der Waals surface area (Å²) >= 11 is 0. The van der Waals surface area contributed by atoms with Gasteiger partial charge in [0, 0.05) is 38.6 Å². The van der Waals surface area contributed by atoms with Gasteiger partial charge in [0.1, 0.15) is 6.54 Å². The smallest absolute Gasteiger partial charge is 0.323 e. The Morgan fingerprint density at radius 3 is 2.50 bits per heavy atom. The molecule has 0 bridgehead atoms. The molecule has 1 aromatic rings. The van der Waals surface area contributed by atoms with Crippen molar-refractivity contribution in [2.75, 3.05) is 39.3 Å². The highest BCUT2D eigenvalue weighted by atomic mass is 16.5. The Kier molecular flexibility index (Phi) is 6.66. The topological polar surface area (TPSA) is 103 Å². The molecule has 2 fully saturated rings. The third-order valence-electron chi connectivity index (χ3n) is 5.75. The molecule has 9 heteroatoms. The van der Waals surface area contributed by atoms with E-state index in [1.54, 1.807) is 0 Å². The lowest BCUT2D eigenvalue weighted by Crippen LogP contribution is -2.55. The van der Waals surface area contributed by atoms with E-state index in [4.69, 9.17) is 9.63 Å². The Morgan fingerprint density at radius 2 is 1.89 bits per heavy atom. The molecule has 0 aliphatic carbocycles. The first-order chi connectivity index (χ1) is 13.4. The maximum absolute atomic E-state index is 12.9. The van der Waals surface area contributed by atoms with Crippen molar-refractivity contribution >= 4 is 11.9 Å². The van der Waals surface area contributed by atoms with Gasteiger partial charge in [0.25, 0.3) is 0 Å². The third kappa shape index (κ3) is 4.70. The van der Waals surface area contributed by atoms with Crippen molar-refractivity contribution in [3.8, 4) is 0 Å². The molecule has 0 spiro atoms. The van der Waals surface area contributed by atoms with Crippen molar-refractivity contribution in [1.82, 2.24) is 24.8 Å². The number of likely N-dealkylation sites (tertiary alicyclic amines) is 1. The number of hydrogen-bond acceptors (Lipinski definition) is 7. The molecule has 0 radical (unpaired) electrons. The second-order valence-electron chi connectivity index (χ2n) is 8.06. The van der Waals surface area contributed by atoms with E-state index >= 15 is 0 Å². The zero-order chi connectivity index (χ0) is 20.3. The van der Waals surface area contributed by atoms with Gasteiger partial charge in [-0.3, -0.25) is 19.4 Å². The number of carboxylic acids is 1. The van der Waals surface area contributed by atoms with Crippen LogP contribution < -0.4 is 0 Å². The van der Waals surface area contributed by atoms with Crippen LogP contribution in [0.4, 0.5) is 0 Å². The summed E-state index contributed by atoms with van der Waals surface area (Å²) < 4.78 is 5.44. The van der Waals surface area contributed by atoms with Gasteiger partial charge in [0.15, 0.2) is 5.82 Å². The Labute approximate surface area is 165 Å². The largest absolute Gasteiger partial charge is 0.480 e. The summed E-state index contributed by atoms with van der Waals surface area (Å²) in [5, 5.41) is 13.1. The molecule has 2 aliphatic heterocycles. The molecule has 2 saturated heterocycles. The van der Waals surface area contributed by atoms with Crippen molar-refractivity contribution in [1.29, 1.82) is 0 Å². The molecule has 1 N–H and O–H groups in total. The summed E-state index contributed by atoms with van der Waals surface area (Å²) in [6, 6.07) is -0.175. The Morgan fingerprint density at radius 1 is 1.18 bits per heavy atom. The maximum Gasteiger partial charge on any atom is 0.323 e. The summed E-state index contributed by atoms with van der Waals surface area (Å²) in [5.74, 6) is 0.600. The van der Waals surface area contributed by atoms with Crippen LogP contribution in [-0.2, 0) is 9.59 Å². The fourth-order valence-electron chi connectivity index (χ4n) is 3.99. The van der Waals surface area contributed by atoms with Gasteiger partial charge in [-0.1, -0.05) is 19.0 Å². The number of aliphatic carboxylic acids is 1. The summed E-state index contributed by atoms with van der Waals surface area (Å²) in [6.45, 7) is 9.63. The minimum atomic E-state index is -0.951. The first-order valence-corrected chi connectivity index (χ1v) is 10.2. The number of hydrogen-bond donors (Lipinski definition) is 1. The number of amides is 1. The fourth-order valence-corrected chi connectivity index (χ4v) is 3.99. The molecule has 2 aliphatic rings. The number of aromatic nitrogens is 2. The van der Waals surface area contributed by atoms with Gasteiger partial charge in [-0.05, 0) is 26.2 Å².